The third kappa shape index (κ3) is 5.58. The van der Waals surface area contributed by atoms with E-state index < -0.39 is 23.6 Å². The first-order valence-electron chi connectivity index (χ1n) is 7.61. The van der Waals surface area contributed by atoms with E-state index in [0.29, 0.717) is 0 Å². The number of hydrogen-bond donors (Lipinski definition) is 2. The smallest absolute Gasteiger partial charge is 0.418 e. The third-order valence-corrected chi connectivity index (χ3v) is 3.99. The van der Waals surface area contributed by atoms with Gasteiger partial charge in [0.15, 0.2) is 5.16 Å². The lowest BCUT2D eigenvalue weighted by molar-refractivity contribution is -0.137. The molecule has 0 aliphatic rings. The fourth-order valence-corrected chi connectivity index (χ4v) is 2.59. The van der Waals surface area contributed by atoms with E-state index in [1.54, 1.807) is 6.92 Å². The average Bonchev–Trinajstić information content (AvgIpc) is 2.59. The summed E-state index contributed by atoms with van der Waals surface area (Å²) >= 11 is 0.861. The van der Waals surface area contributed by atoms with Crippen LogP contribution in [0.25, 0.3) is 0 Å². The molecule has 7 nitrogen and oxygen atoms in total. The predicted molar refractivity (Wildman–Crippen MR) is 93.2 cm³/mol. The maximum absolute atomic E-state index is 12.9. The molecular weight excluding hydrogens is 385 g/mol. The lowest BCUT2D eigenvalue weighted by Gasteiger charge is -2.13. The molecule has 11 heteroatoms. The highest BCUT2D eigenvalue weighted by Gasteiger charge is 2.33. The Morgan fingerprint density at radius 3 is 2.63 bits per heavy atom. The number of nitrogens with zero attached hydrogens (tertiary/aromatic N) is 2. The number of nitrogen functional groups attached to an aromatic ring is 1. The van der Waals surface area contributed by atoms with E-state index in [-0.39, 0.29) is 34.6 Å². The van der Waals surface area contributed by atoms with Crippen molar-refractivity contribution in [1.29, 1.82) is 0 Å². The van der Waals surface area contributed by atoms with Crippen molar-refractivity contribution in [3.63, 3.8) is 0 Å². The monoisotopic (exact) mass is 400 g/mol. The van der Waals surface area contributed by atoms with E-state index in [1.807, 2.05) is 0 Å². The van der Waals surface area contributed by atoms with E-state index in [0.717, 1.165) is 23.9 Å². The molecule has 144 valence electrons. The number of esters is 1. The van der Waals surface area contributed by atoms with Gasteiger partial charge in [0.2, 0.25) is 5.91 Å². The molecule has 27 heavy (non-hydrogen) atoms. The molecule has 0 radical (unpaired) electrons. The molecule has 0 spiro atoms. The second-order valence-corrected chi connectivity index (χ2v) is 5.99. The molecule has 0 atom stereocenters. The molecule has 1 heterocycles. The number of aromatic nitrogens is 2. The fourth-order valence-electron chi connectivity index (χ4n) is 1.97. The molecule has 0 fully saturated rings. The second kappa shape index (κ2) is 8.71. The van der Waals surface area contributed by atoms with Crippen LogP contribution in [0, 0.1) is 0 Å². The Morgan fingerprint density at radius 2 is 2.00 bits per heavy atom. The number of thioether (sulfide) groups is 1. The van der Waals surface area contributed by atoms with Gasteiger partial charge in [-0.1, -0.05) is 23.9 Å². The van der Waals surface area contributed by atoms with Crippen molar-refractivity contribution < 1.29 is 27.5 Å². The Bertz CT molecular complexity index is 846. The number of hydrogen-bond acceptors (Lipinski definition) is 7. The molecule has 0 bridgehead atoms. The number of carbonyl (C=O) groups is 2. The van der Waals surface area contributed by atoms with Gasteiger partial charge in [-0.25, -0.2) is 14.8 Å². The SMILES string of the molecule is CCOC(=O)c1cnc(SCC(=O)Nc2ccccc2C(F)(F)F)nc1N. The van der Waals surface area contributed by atoms with Crippen molar-refractivity contribution in [2.75, 3.05) is 23.4 Å². The summed E-state index contributed by atoms with van der Waals surface area (Å²) in [6.45, 7) is 1.79. The number of halogens is 3. The largest absolute Gasteiger partial charge is 0.462 e. The second-order valence-electron chi connectivity index (χ2n) is 5.05. The zero-order valence-electron chi connectivity index (χ0n) is 14.0. The van der Waals surface area contributed by atoms with Crippen molar-refractivity contribution >= 4 is 35.1 Å². The van der Waals surface area contributed by atoms with E-state index in [1.165, 1.54) is 18.3 Å². The minimum absolute atomic E-state index is 0.00949. The van der Waals surface area contributed by atoms with E-state index in [2.05, 4.69) is 15.3 Å². The summed E-state index contributed by atoms with van der Waals surface area (Å²) in [5.41, 5.74) is 4.37. The van der Waals surface area contributed by atoms with Gasteiger partial charge in [-0.2, -0.15) is 13.2 Å². The molecule has 1 aromatic heterocycles. The number of para-hydroxylation sites is 1. The average molecular weight is 400 g/mol. The summed E-state index contributed by atoms with van der Waals surface area (Å²) in [5.74, 6) is -1.71. The Hall–Kier alpha value is -2.82. The first-order chi connectivity index (χ1) is 12.7. The number of ether oxygens (including phenoxy) is 1. The van der Waals surface area contributed by atoms with Crippen LogP contribution in [-0.2, 0) is 15.7 Å². The summed E-state index contributed by atoms with van der Waals surface area (Å²) in [5, 5.41) is 2.30. The number of nitrogens with one attached hydrogen (secondary N) is 1. The van der Waals surface area contributed by atoms with Gasteiger partial charge in [-0.3, -0.25) is 4.79 Å². The van der Waals surface area contributed by atoms with E-state index >= 15 is 0 Å². The number of alkyl halides is 3. The summed E-state index contributed by atoms with van der Waals surface area (Å²) < 4.78 is 43.6. The number of nitrogens with two attached hydrogens (primary N) is 1. The molecule has 2 aromatic rings. The normalized spacial score (nSPS) is 11.1. The highest BCUT2D eigenvalue weighted by Crippen LogP contribution is 2.34. The standard InChI is InChI=1S/C16H15F3N4O3S/c1-2-26-14(25)9-7-21-15(23-13(9)20)27-8-12(24)22-11-6-4-3-5-10(11)16(17,18)19/h3-7H,2,8H2,1H3,(H,22,24)(H2,20,21,23). The van der Waals surface area contributed by atoms with Crippen LogP contribution >= 0.6 is 11.8 Å². The van der Waals surface area contributed by atoms with Gasteiger partial charge in [0.1, 0.15) is 11.4 Å². The van der Waals surface area contributed by atoms with Crippen molar-refractivity contribution in [2.45, 2.75) is 18.3 Å². The van der Waals surface area contributed by atoms with Gasteiger partial charge < -0.3 is 15.8 Å². The topological polar surface area (TPSA) is 107 Å². The molecule has 0 saturated heterocycles. The number of benzene rings is 1. The van der Waals surface area contributed by atoms with Crippen LogP contribution in [0.4, 0.5) is 24.7 Å². The molecular formula is C16H15F3N4O3S. The zero-order valence-corrected chi connectivity index (χ0v) is 14.9. The minimum Gasteiger partial charge on any atom is -0.462 e. The molecule has 2 rings (SSSR count). The zero-order chi connectivity index (χ0) is 20.0. The number of amides is 1. The Morgan fingerprint density at radius 1 is 1.30 bits per heavy atom. The predicted octanol–water partition coefficient (Wildman–Crippen LogP) is 2.99. The van der Waals surface area contributed by atoms with Crippen LogP contribution in [0.15, 0.2) is 35.6 Å². The van der Waals surface area contributed by atoms with Crippen molar-refractivity contribution in [2.24, 2.45) is 0 Å². The van der Waals surface area contributed by atoms with Gasteiger partial charge in [0.05, 0.1) is 23.6 Å². The van der Waals surface area contributed by atoms with E-state index in [4.69, 9.17) is 10.5 Å². The molecule has 1 aromatic carbocycles. The van der Waals surface area contributed by atoms with Gasteiger partial charge in [-0.05, 0) is 19.1 Å². The maximum Gasteiger partial charge on any atom is 0.418 e. The quantitative estimate of drug-likeness (QED) is 0.436. The van der Waals surface area contributed by atoms with Gasteiger partial charge in [0.25, 0.3) is 0 Å². The Labute approximate surface area is 156 Å². The molecule has 0 unspecified atom stereocenters. The minimum atomic E-state index is -4.59. The molecule has 0 saturated carbocycles. The highest BCUT2D eigenvalue weighted by molar-refractivity contribution is 7.99. The fraction of sp³-hybridized carbons (Fsp3) is 0.250. The van der Waals surface area contributed by atoms with Crippen LogP contribution in [0.5, 0.6) is 0 Å². The summed E-state index contributed by atoms with van der Waals surface area (Å²) in [6.07, 6.45) is -3.42. The Kier molecular flexibility index (Phi) is 6.61. The van der Waals surface area contributed by atoms with Crippen LogP contribution in [-0.4, -0.2) is 34.2 Å². The lowest BCUT2D eigenvalue weighted by atomic mass is 10.1. The molecule has 3 N–H and O–H groups in total. The molecule has 0 aliphatic carbocycles. The van der Waals surface area contributed by atoms with Crippen molar-refractivity contribution in [3.8, 4) is 0 Å². The molecule has 1 amide bonds. The summed E-state index contributed by atoms with van der Waals surface area (Å²) in [7, 11) is 0. The summed E-state index contributed by atoms with van der Waals surface area (Å²) in [4.78, 5) is 31.3. The molecule has 0 aliphatic heterocycles. The van der Waals surface area contributed by atoms with Crippen LogP contribution < -0.4 is 11.1 Å². The Balaban J connectivity index is 2.01. The first kappa shape index (κ1) is 20.5. The van der Waals surface area contributed by atoms with Gasteiger partial charge >= 0.3 is 12.1 Å². The van der Waals surface area contributed by atoms with Crippen LogP contribution in [0.3, 0.4) is 0 Å². The highest BCUT2D eigenvalue weighted by atomic mass is 32.2. The van der Waals surface area contributed by atoms with Gasteiger partial charge in [-0.15, -0.1) is 0 Å². The van der Waals surface area contributed by atoms with Gasteiger partial charge in [0, 0.05) is 6.20 Å². The van der Waals surface area contributed by atoms with Crippen molar-refractivity contribution in [3.05, 3.63) is 41.6 Å². The number of anilines is 2. The first-order valence-corrected chi connectivity index (χ1v) is 8.59. The summed E-state index contributed by atoms with van der Waals surface area (Å²) in [6, 6.07) is 4.65. The third-order valence-electron chi connectivity index (χ3n) is 3.13. The van der Waals surface area contributed by atoms with Crippen molar-refractivity contribution in [1.82, 2.24) is 9.97 Å². The van der Waals surface area contributed by atoms with Crippen LogP contribution in [0.2, 0.25) is 0 Å². The van der Waals surface area contributed by atoms with Crippen LogP contribution in [0.1, 0.15) is 22.8 Å². The lowest BCUT2D eigenvalue weighted by Crippen LogP contribution is -2.18. The number of rotatable bonds is 6. The van der Waals surface area contributed by atoms with E-state index in [9.17, 15) is 22.8 Å². The number of carbonyl (C=O) groups excluding carboxylic acids is 2. The maximum atomic E-state index is 12.9.